The lowest BCUT2D eigenvalue weighted by molar-refractivity contribution is -0.133. The zero-order chi connectivity index (χ0) is 16.6. The Morgan fingerprint density at radius 1 is 1.30 bits per heavy atom. The number of nitrogens with zero attached hydrogens (tertiary/aromatic N) is 5. The first-order chi connectivity index (χ1) is 11.0. The van der Waals surface area contributed by atoms with Crippen molar-refractivity contribution in [2.75, 3.05) is 38.6 Å². The molecule has 1 unspecified atom stereocenters. The van der Waals surface area contributed by atoms with E-state index in [-0.39, 0.29) is 23.8 Å². The summed E-state index contributed by atoms with van der Waals surface area (Å²) in [6, 6.07) is 2.18. The van der Waals surface area contributed by atoms with E-state index in [1.807, 2.05) is 11.0 Å². The highest BCUT2D eigenvalue weighted by Gasteiger charge is 2.42. The molecule has 3 rings (SSSR count). The molecule has 0 saturated carbocycles. The molecule has 1 aromatic heterocycles. The smallest absolute Gasteiger partial charge is 0.227 e. The Morgan fingerprint density at radius 2 is 2.04 bits per heavy atom. The van der Waals surface area contributed by atoms with Gasteiger partial charge in [-0.3, -0.25) is 9.59 Å². The molecule has 0 N–H and O–H groups in total. The summed E-state index contributed by atoms with van der Waals surface area (Å²) >= 11 is 0. The summed E-state index contributed by atoms with van der Waals surface area (Å²) in [6.45, 7) is 4.15. The van der Waals surface area contributed by atoms with E-state index in [9.17, 15) is 9.59 Å². The fourth-order valence-corrected chi connectivity index (χ4v) is 3.21. The Bertz CT molecular complexity index is 612. The van der Waals surface area contributed by atoms with Crippen LogP contribution in [0.4, 0.5) is 5.82 Å². The first kappa shape index (κ1) is 15.7. The summed E-state index contributed by atoms with van der Waals surface area (Å²) in [6.07, 6.45) is 2.81. The summed E-state index contributed by atoms with van der Waals surface area (Å²) < 4.78 is 0. The summed E-state index contributed by atoms with van der Waals surface area (Å²) in [5.41, 5.74) is 1.02. The van der Waals surface area contributed by atoms with Crippen LogP contribution in [-0.4, -0.2) is 71.4 Å². The highest BCUT2D eigenvalue weighted by molar-refractivity contribution is 5.89. The quantitative estimate of drug-likeness (QED) is 0.791. The van der Waals surface area contributed by atoms with Crippen LogP contribution < -0.4 is 4.90 Å². The molecule has 0 aliphatic carbocycles. The van der Waals surface area contributed by atoms with Crippen LogP contribution in [-0.2, 0) is 16.0 Å². The van der Waals surface area contributed by atoms with Crippen LogP contribution in [0.1, 0.15) is 19.0 Å². The van der Waals surface area contributed by atoms with Crippen molar-refractivity contribution in [3.63, 3.8) is 0 Å². The van der Waals surface area contributed by atoms with Crippen LogP contribution in [0.2, 0.25) is 0 Å². The molecular formula is C16H23N5O2. The van der Waals surface area contributed by atoms with Crippen molar-refractivity contribution in [3.8, 4) is 0 Å². The molecule has 23 heavy (non-hydrogen) atoms. The zero-order valence-electron chi connectivity index (χ0n) is 13.9. The summed E-state index contributed by atoms with van der Waals surface area (Å²) in [5, 5.41) is 0. The van der Waals surface area contributed by atoms with E-state index in [2.05, 4.69) is 21.8 Å². The fraction of sp³-hybridized carbons (Fsp3) is 0.625. The molecule has 0 bridgehead atoms. The van der Waals surface area contributed by atoms with Crippen molar-refractivity contribution in [2.24, 2.45) is 5.92 Å². The lowest BCUT2D eigenvalue weighted by Gasteiger charge is -2.44. The molecule has 7 heteroatoms. The first-order valence-corrected chi connectivity index (χ1v) is 8.06. The SMILES string of the molecule is CCc1cc(N2CC(N3CC(C(=O)N(C)C)CC3=O)C2)ncn1. The third-order valence-corrected chi connectivity index (χ3v) is 4.65. The normalized spacial score (nSPS) is 21.5. The molecule has 2 fully saturated rings. The number of likely N-dealkylation sites (tertiary alicyclic amines) is 1. The number of amides is 2. The average Bonchev–Trinajstić information content (AvgIpc) is 2.87. The number of carbonyl (C=O) groups excluding carboxylic acids is 2. The summed E-state index contributed by atoms with van der Waals surface area (Å²) in [7, 11) is 3.47. The molecule has 0 spiro atoms. The van der Waals surface area contributed by atoms with Gasteiger partial charge in [0.25, 0.3) is 0 Å². The standard InChI is InChI=1S/C16H23N5O2/c1-4-12-6-14(18-10-17-12)20-8-13(9-20)21-7-11(5-15(21)22)16(23)19(2)3/h6,10-11,13H,4-5,7-9H2,1-3H3. The van der Waals surface area contributed by atoms with Crippen LogP contribution in [0.3, 0.4) is 0 Å². The molecule has 1 atom stereocenters. The molecule has 124 valence electrons. The predicted octanol–water partition coefficient (Wildman–Crippen LogP) is 0.164. The Kier molecular flexibility index (Phi) is 4.19. The third-order valence-electron chi connectivity index (χ3n) is 4.65. The maximum atomic E-state index is 12.2. The molecule has 0 radical (unpaired) electrons. The second kappa shape index (κ2) is 6.14. The maximum Gasteiger partial charge on any atom is 0.227 e. The van der Waals surface area contributed by atoms with Gasteiger partial charge in [0.2, 0.25) is 11.8 Å². The lowest BCUT2D eigenvalue weighted by Crippen LogP contribution is -2.60. The van der Waals surface area contributed by atoms with Gasteiger partial charge in [-0.2, -0.15) is 0 Å². The zero-order valence-corrected chi connectivity index (χ0v) is 13.9. The Hall–Kier alpha value is -2.18. The van der Waals surface area contributed by atoms with Crippen molar-refractivity contribution in [1.29, 1.82) is 0 Å². The Balaban J connectivity index is 1.59. The van der Waals surface area contributed by atoms with E-state index >= 15 is 0 Å². The van der Waals surface area contributed by atoms with Crippen molar-refractivity contribution >= 4 is 17.6 Å². The van der Waals surface area contributed by atoms with E-state index in [0.717, 1.165) is 31.0 Å². The molecule has 1 aromatic rings. The van der Waals surface area contributed by atoms with Crippen LogP contribution in [0, 0.1) is 5.92 Å². The minimum atomic E-state index is -0.197. The highest BCUT2D eigenvalue weighted by Crippen LogP contribution is 2.28. The predicted molar refractivity (Wildman–Crippen MR) is 85.9 cm³/mol. The van der Waals surface area contributed by atoms with Gasteiger partial charge in [-0.1, -0.05) is 6.92 Å². The second-order valence-corrected chi connectivity index (χ2v) is 6.46. The lowest BCUT2D eigenvalue weighted by atomic mass is 10.1. The minimum absolute atomic E-state index is 0.0421. The van der Waals surface area contributed by atoms with Crippen LogP contribution >= 0.6 is 0 Å². The van der Waals surface area contributed by atoms with Gasteiger partial charge < -0.3 is 14.7 Å². The number of aryl methyl sites for hydroxylation is 1. The number of hydrogen-bond acceptors (Lipinski definition) is 5. The van der Waals surface area contributed by atoms with E-state index in [4.69, 9.17) is 0 Å². The van der Waals surface area contributed by atoms with E-state index < -0.39 is 0 Å². The number of anilines is 1. The Labute approximate surface area is 136 Å². The highest BCUT2D eigenvalue weighted by atomic mass is 16.2. The maximum absolute atomic E-state index is 12.2. The number of rotatable bonds is 4. The van der Waals surface area contributed by atoms with Gasteiger partial charge in [-0.05, 0) is 6.42 Å². The number of hydrogen-bond donors (Lipinski definition) is 0. The summed E-state index contributed by atoms with van der Waals surface area (Å²) in [5.74, 6) is 0.852. The summed E-state index contributed by atoms with van der Waals surface area (Å²) in [4.78, 5) is 38.3. The molecule has 2 saturated heterocycles. The number of aromatic nitrogens is 2. The topological polar surface area (TPSA) is 69.6 Å². The molecule has 3 heterocycles. The molecule has 0 aromatic carbocycles. The average molecular weight is 317 g/mol. The monoisotopic (exact) mass is 317 g/mol. The van der Waals surface area contributed by atoms with E-state index in [1.54, 1.807) is 25.3 Å². The van der Waals surface area contributed by atoms with Crippen molar-refractivity contribution in [2.45, 2.75) is 25.8 Å². The van der Waals surface area contributed by atoms with Crippen molar-refractivity contribution in [3.05, 3.63) is 18.1 Å². The Morgan fingerprint density at radius 3 is 2.70 bits per heavy atom. The van der Waals surface area contributed by atoms with E-state index in [0.29, 0.717) is 13.0 Å². The van der Waals surface area contributed by atoms with E-state index in [1.165, 1.54) is 0 Å². The fourth-order valence-electron chi connectivity index (χ4n) is 3.21. The van der Waals surface area contributed by atoms with Gasteiger partial charge in [0.1, 0.15) is 12.1 Å². The van der Waals surface area contributed by atoms with Gasteiger partial charge in [0.05, 0.1) is 12.0 Å². The molecule has 7 nitrogen and oxygen atoms in total. The van der Waals surface area contributed by atoms with Gasteiger partial charge in [-0.25, -0.2) is 9.97 Å². The first-order valence-electron chi connectivity index (χ1n) is 8.06. The number of carbonyl (C=O) groups is 2. The van der Waals surface area contributed by atoms with Gasteiger partial charge >= 0.3 is 0 Å². The van der Waals surface area contributed by atoms with Crippen LogP contribution in [0.5, 0.6) is 0 Å². The molecule has 2 aliphatic heterocycles. The molecule has 2 amide bonds. The third kappa shape index (κ3) is 3.00. The van der Waals surface area contributed by atoms with Gasteiger partial charge in [-0.15, -0.1) is 0 Å². The van der Waals surface area contributed by atoms with Crippen LogP contribution in [0.25, 0.3) is 0 Å². The van der Waals surface area contributed by atoms with Crippen LogP contribution in [0.15, 0.2) is 12.4 Å². The minimum Gasteiger partial charge on any atom is -0.352 e. The van der Waals surface area contributed by atoms with Gasteiger partial charge in [0.15, 0.2) is 0 Å². The largest absolute Gasteiger partial charge is 0.352 e. The van der Waals surface area contributed by atoms with Crippen molar-refractivity contribution in [1.82, 2.24) is 19.8 Å². The van der Waals surface area contributed by atoms with Gasteiger partial charge in [0, 0.05) is 51.9 Å². The second-order valence-electron chi connectivity index (χ2n) is 6.46. The van der Waals surface area contributed by atoms with Crippen molar-refractivity contribution < 1.29 is 9.59 Å². The molecule has 2 aliphatic rings. The molecular weight excluding hydrogens is 294 g/mol.